The summed E-state index contributed by atoms with van der Waals surface area (Å²) in [7, 11) is 0. The number of anilines is 1. The van der Waals surface area contributed by atoms with Gasteiger partial charge in [0.25, 0.3) is 0 Å². The smallest absolute Gasteiger partial charge is 0.126 e. The van der Waals surface area contributed by atoms with Gasteiger partial charge in [0, 0.05) is 11.7 Å². The summed E-state index contributed by atoms with van der Waals surface area (Å²) in [4.78, 5) is 0. The Bertz CT molecular complexity index is 602. The Morgan fingerprint density at radius 2 is 1.76 bits per heavy atom. The van der Waals surface area contributed by atoms with Gasteiger partial charge in [-0.3, -0.25) is 0 Å². The molecule has 2 heteroatoms. The van der Waals surface area contributed by atoms with Gasteiger partial charge in [0.2, 0.25) is 0 Å². The number of benzene rings is 2. The van der Waals surface area contributed by atoms with Crippen LogP contribution < -0.4 is 5.32 Å². The minimum Gasteiger partial charge on any atom is -0.382 e. The predicted octanol–water partition coefficient (Wildman–Crippen LogP) is 5.14. The van der Waals surface area contributed by atoms with Crippen LogP contribution in [0.15, 0.2) is 48.5 Å². The minimum absolute atomic E-state index is 0.0627. The molecule has 0 spiro atoms. The molecule has 0 heterocycles. The van der Waals surface area contributed by atoms with Crippen molar-refractivity contribution in [2.24, 2.45) is 0 Å². The predicted molar refractivity (Wildman–Crippen MR) is 86.2 cm³/mol. The molecule has 1 saturated carbocycles. The fourth-order valence-electron chi connectivity index (χ4n) is 3.16. The summed E-state index contributed by atoms with van der Waals surface area (Å²) in [5, 5.41) is 3.63. The molecule has 1 N–H and O–H groups in total. The average molecular weight is 283 g/mol. The summed E-state index contributed by atoms with van der Waals surface area (Å²) in [6.07, 6.45) is 4.29. The number of nitrogens with one attached hydrogen (secondary N) is 1. The Balaban J connectivity index is 1.62. The zero-order valence-corrected chi connectivity index (χ0v) is 12.5. The van der Waals surface area contributed by atoms with Crippen LogP contribution in [-0.4, -0.2) is 6.04 Å². The summed E-state index contributed by atoms with van der Waals surface area (Å²) in [6, 6.07) is 16.2. The third-order valence-corrected chi connectivity index (χ3v) is 4.38. The zero-order valence-electron chi connectivity index (χ0n) is 12.5. The van der Waals surface area contributed by atoms with E-state index in [0.717, 1.165) is 31.2 Å². The van der Waals surface area contributed by atoms with Crippen LogP contribution in [0.25, 0.3) is 0 Å². The molecule has 0 radical (unpaired) electrons. The molecule has 0 amide bonds. The summed E-state index contributed by atoms with van der Waals surface area (Å²) in [5.74, 6) is 0.300. The van der Waals surface area contributed by atoms with Gasteiger partial charge in [0.1, 0.15) is 5.82 Å². The highest BCUT2D eigenvalue weighted by atomic mass is 19.1. The van der Waals surface area contributed by atoms with E-state index in [4.69, 9.17) is 0 Å². The molecular weight excluding hydrogens is 261 g/mol. The largest absolute Gasteiger partial charge is 0.382 e. The van der Waals surface area contributed by atoms with Gasteiger partial charge >= 0.3 is 0 Å². The molecule has 0 aromatic heterocycles. The number of halogens is 1. The summed E-state index contributed by atoms with van der Waals surface area (Å²) in [6.45, 7) is 2.20. The second kappa shape index (κ2) is 6.30. The highest BCUT2D eigenvalue weighted by Crippen LogP contribution is 2.39. The molecule has 0 saturated heterocycles. The molecule has 1 nitrogen and oxygen atoms in total. The van der Waals surface area contributed by atoms with E-state index in [0.29, 0.717) is 12.0 Å². The van der Waals surface area contributed by atoms with Gasteiger partial charge in [0.05, 0.1) is 0 Å². The first-order valence-corrected chi connectivity index (χ1v) is 7.86. The monoisotopic (exact) mass is 283 g/mol. The maximum Gasteiger partial charge on any atom is 0.126 e. The number of para-hydroxylation sites is 1. The Kier molecular flexibility index (Phi) is 4.23. The van der Waals surface area contributed by atoms with E-state index in [1.165, 1.54) is 11.3 Å². The van der Waals surface area contributed by atoms with Crippen molar-refractivity contribution in [2.75, 3.05) is 5.32 Å². The van der Waals surface area contributed by atoms with Crippen molar-refractivity contribution in [3.05, 3.63) is 65.5 Å². The SMILES string of the molecule is CCCc1ccccc1NC1CC(c2ccccc2F)C1. The van der Waals surface area contributed by atoms with Crippen LogP contribution in [0.5, 0.6) is 0 Å². The maximum atomic E-state index is 13.8. The second-order valence-electron chi connectivity index (χ2n) is 5.94. The fraction of sp³-hybridized carbons (Fsp3) is 0.368. The number of hydrogen-bond acceptors (Lipinski definition) is 1. The molecule has 1 aliphatic rings. The molecule has 0 bridgehead atoms. The van der Waals surface area contributed by atoms with Crippen LogP contribution >= 0.6 is 0 Å². The van der Waals surface area contributed by atoms with Crippen molar-refractivity contribution < 1.29 is 4.39 Å². The van der Waals surface area contributed by atoms with Crippen molar-refractivity contribution in [2.45, 2.75) is 44.6 Å². The van der Waals surface area contributed by atoms with E-state index in [1.807, 2.05) is 12.1 Å². The van der Waals surface area contributed by atoms with Gasteiger partial charge in [-0.15, -0.1) is 0 Å². The first-order chi connectivity index (χ1) is 10.3. The molecule has 3 rings (SSSR count). The van der Waals surface area contributed by atoms with Crippen molar-refractivity contribution in [1.29, 1.82) is 0 Å². The molecule has 21 heavy (non-hydrogen) atoms. The lowest BCUT2D eigenvalue weighted by molar-refractivity contribution is 0.363. The van der Waals surface area contributed by atoms with Crippen molar-refractivity contribution in [1.82, 2.24) is 0 Å². The van der Waals surface area contributed by atoms with Crippen molar-refractivity contribution >= 4 is 5.69 Å². The standard InChI is InChI=1S/C19H22FN/c1-2-7-14-8-3-6-11-19(14)21-16-12-15(13-16)17-9-4-5-10-18(17)20/h3-6,8-11,15-16,21H,2,7,12-13H2,1H3. The second-order valence-corrected chi connectivity index (χ2v) is 5.94. The fourth-order valence-corrected chi connectivity index (χ4v) is 3.16. The number of rotatable bonds is 5. The molecule has 1 fully saturated rings. The quantitative estimate of drug-likeness (QED) is 0.801. The molecular formula is C19H22FN. The molecule has 2 aromatic rings. The minimum atomic E-state index is -0.0627. The van der Waals surface area contributed by atoms with E-state index in [2.05, 4.69) is 36.5 Å². The van der Waals surface area contributed by atoms with Crippen LogP contribution in [0.2, 0.25) is 0 Å². The van der Waals surface area contributed by atoms with Gasteiger partial charge in [0.15, 0.2) is 0 Å². The highest BCUT2D eigenvalue weighted by molar-refractivity contribution is 5.52. The van der Waals surface area contributed by atoms with E-state index in [9.17, 15) is 4.39 Å². The normalized spacial score (nSPS) is 20.9. The van der Waals surface area contributed by atoms with E-state index in [-0.39, 0.29) is 5.82 Å². The lowest BCUT2D eigenvalue weighted by Crippen LogP contribution is -2.34. The molecule has 0 aliphatic heterocycles. The van der Waals surface area contributed by atoms with Crippen molar-refractivity contribution in [3.63, 3.8) is 0 Å². The summed E-state index contributed by atoms with van der Waals surface area (Å²) in [5.41, 5.74) is 3.50. The Hall–Kier alpha value is -1.83. The number of aryl methyl sites for hydroxylation is 1. The molecule has 0 unspecified atom stereocenters. The average Bonchev–Trinajstić information content (AvgIpc) is 2.45. The third-order valence-electron chi connectivity index (χ3n) is 4.38. The van der Waals surface area contributed by atoms with Crippen LogP contribution in [0.4, 0.5) is 10.1 Å². The van der Waals surface area contributed by atoms with Crippen LogP contribution in [0, 0.1) is 5.82 Å². The lowest BCUT2D eigenvalue weighted by atomic mass is 9.75. The van der Waals surface area contributed by atoms with Crippen LogP contribution in [0.3, 0.4) is 0 Å². The van der Waals surface area contributed by atoms with Gasteiger partial charge in [-0.05, 0) is 48.4 Å². The van der Waals surface area contributed by atoms with E-state index >= 15 is 0 Å². The highest BCUT2D eigenvalue weighted by Gasteiger charge is 2.31. The topological polar surface area (TPSA) is 12.0 Å². The Labute approximate surface area is 126 Å². The Morgan fingerprint density at radius 3 is 2.52 bits per heavy atom. The number of hydrogen-bond donors (Lipinski definition) is 1. The maximum absolute atomic E-state index is 13.8. The summed E-state index contributed by atoms with van der Waals surface area (Å²) < 4.78 is 13.8. The molecule has 2 aromatic carbocycles. The first-order valence-electron chi connectivity index (χ1n) is 7.86. The van der Waals surface area contributed by atoms with Crippen LogP contribution in [-0.2, 0) is 6.42 Å². The van der Waals surface area contributed by atoms with Crippen LogP contribution in [0.1, 0.15) is 43.2 Å². The van der Waals surface area contributed by atoms with E-state index in [1.54, 1.807) is 12.1 Å². The molecule has 110 valence electrons. The van der Waals surface area contributed by atoms with E-state index < -0.39 is 0 Å². The first kappa shape index (κ1) is 14.1. The zero-order chi connectivity index (χ0) is 14.7. The van der Waals surface area contributed by atoms with Gasteiger partial charge < -0.3 is 5.32 Å². The van der Waals surface area contributed by atoms with Gasteiger partial charge in [-0.25, -0.2) is 4.39 Å². The van der Waals surface area contributed by atoms with Gasteiger partial charge in [-0.1, -0.05) is 49.7 Å². The summed E-state index contributed by atoms with van der Waals surface area (Å²) >= 11 is 0. The Morgan fingerprint density at radius 1 is 1.05 bits per heavy atom. The van der Waals surface area contributed by atoms with Crippen molar-refractivity contribution in [3.8, 4) is 0 Å². The molecule has 0 atom stereocenters. The third kappa shape index (κ3) is 3.10. The lowest BCUT2D eigenvalue weighted by Gasteiger charge is -2.37. The van der Waals surface area contributed by atoms with Gasteiger partial charge in [-0.2, -0.15) is 0 Å². The molecule has 1 aliphatic carbocycles.